The number of unbranched alkanes of at least 4 members (excludes halogenated alkanes) is 2. The Labute approximate surface area is 104 Å². The molecular formula is C12H15BrO3. The molecule has 16 heavy (non-hydrogen) atoms. The highest BCUT2D eigenvalue weighted by atomic mass is 79.9. The zero-order valence-electron chi connectivity index (χ0n) is 8.99. The van der Waals surface area contributed by atoms with Crippen LogP contribution in [-0.2, 0) is 4.79 Å². The van der Waals surface area contributed by atoms with Gasteiger partial charge in [0.1, 0.15) is 0 Å². The van der Waals surface area contributed by atoms with E-state index in [0.717, 1.165) is 24.6 Å². The van der Waals surface area contributed by atoms with Crippen LogP contribution in [0.3, 0.4) is 0 Å². The maximum atomic E-state index is 11.4. The first-order valence-corrected chi connectivity index (χ1v) is 6.41. The number of halogens is 1. The first kappa shape index (κ1) is 13.0. The molecule has 0 atom stereocenters. The Morgan fingerprint density at radius 2 is 2.00 bits per heavy atom. The average Bonchev–Trinajstić information content (AvgIpc) is 2.28. The second-order valence-corrected chi connectivity index (χ2v) is 4.23. The molecule has 0 bridgehead atoms. The predicted octanol–water partition coefficient (Wildman–Crippen LogP) is 3.25. The molecule has 1 N–H and O–H groups in total. The maximum Gasteiger partial charge on any atom is 0.311 e. The number of alkyl halides is 1. The first-order valence-electron chi connectivity index (χ1n) is 5.28. The smallest absolute Gasteiger partial charge is 0.311 e. The van der Waals surface area contributed by atoms with Crippen molar-refractivity contribution in [1.29, 1.82) is 0 Å². The van der Waals surface area contributed by atoms with E-state index in [2.05, 4.69) is 15.9 Å². The Kier molecular flexibility index (Phi) is 5.93. The second-order valence-electron chi connectivity index (χ2n) is 3.44. The Bertz CT molecular complexity index is 339. The summed E-state index contributed by atoms with van der Waals surface area (Å²) in [6.07, 6.45) is 3.27. The topological polar surface area (TPSA) is 46.5 Å². The van der Waals surface area contributed by atoms with Gasteiger partial charge in [-0.3, -0.25) is 4.79 Å². The van der Waals surface area contributed by atoms with Crippen molar-refractivity contribution < 1.29 is 14.6 Å². The van der Waals surface area contributed by atoms with Crippen LogP contribution in [0.1, 0.15) is 25.7 Å². The van der Waals surface area contributed by atoms with E-state index in [1.54, 1.807) is 18.2 Å². The lowest BCUT2D eigenvalue weighted by Gasteiger charge is -2.05. The Balaban J connectivity index is 2.32. The molecule has 0 saturated heterocycles. The van der Waals surface area contributed by atoms with Gasteiger partial charge in [0.2, 0.25) is 0 Å². The summed E-state index contributed by atoms with van der Waals surface area (Å²) in [5.74, 6) is -0.0691. The lowest BCUT2D eigenvalue weighted by Crippen LogP contribution is -2.07. The molecule has 0 aliphatic carbocycles. The quantitative estimate of drug-likeness (QED) is 0.378. The Morgan fingerprint density at radius 3 is 2.69 bits per heavy atom. The summed E-state index contributed by atoms with van der Waals surface area (Å²) in [5, 5.41) is 10.3. The standard InChI is InChI=1S/C12H15BrO3/c13-9-5-1-2-8-12(15)16-11-7-4-3-6-10(11)14/h3-4,6-7,14H,1-2,5,8-9H2. The second kappa shape index (κ2) is 7.28. The van der Waals surface area contributed by atoms with E-state index < -0.39 is 0 Å². The van der Waals surface area contributed by atoms with Gasteiger partial charge < -0.3 is 9.84 Å². The molecule has 0 unspecified atom stereocenters. The number of benzene rings is 1. The predicted molar refractivity (Wildman–Crippen MR) is 66.0 cm³/mol. The Morgan fingerprint density at radius 1 is 1.25 bits per heavy atom. The minimum absolute atomic E-state index is 0.00342. The molecule has 0 aliphatic rings. The normalized spacial score (nSPS) is 10.1. The molecule has 0 fully saturated rings. The number of carbonyl (C=O) groups is 1. The highest BCUT2D eigenvalue weighted by Crippen LogP contribution is 2.24. The van der Waals surface area contributed by atoms with Crippen LogP contribution < -0.4 is 4.74 Å². The van der Waals surface area contributed by atoms with Gasteiger partial charge in [-0.1, -0.05) is 34.5 Å². The third-order valence-electron chi connectivity index (χ3n) is 2.10. The van der Waals surface area contributed by atoms with Gasteiger partial charge in [-0.2, -0.15) is 0 Å². The van der Waals surface area contributed by atoms with E-state index in [0.29, 0.717) is 6.42 Å². The van der Waals surface area contributed by atoms with Crippen LogP contribution in [0.4, 0.5) is 0 Å². The van der Waals surface area contributed by atoms with Gasteiger partial charge in [0, 0.05) is 11.8 Å². The summed E-state index contributed by atoms with van der Waals surface area (Å²) >= 11 is 3.33. The van der Waals surface area contributed by atoms with Crippen LogP contribution >= 0.6 is 15.9 Å². The van der Waals surface area contributed by atoms with Gasteiger partial charge in [-0.25, -0.2) is 0 Å². The number of phenols is 1. The monoisotopic (exact) mass is 286 g/mol. The highest BCUT2D eigenvalue weighted by Gasteiger charge is 2.07. The lowest BCUT2D eigenvalue weighted by molar-refractivity contribution is -0.134. The molecule has 0 aliphatic heterocycles. The molecule has 0 spiro atoms. The number of phenolic OH excluding ortho intramolecular Hbond substituents is 1. The third-order valence-corrected chi connectivity index (χ3v) is 2.66. The van der Waals surface area contributed by atoms with Crippen molar-refractivity contribution in [3.8, 4) is 11.5 Å². The molecule has 0 amide bonds. The fraction of sp³-hybridized carbons (Fsp3) is 0.417. The summed E-state index contributed by atoms with van der Waals surface area (Å²) in [5.41, 5.74) is 0. The number of carbonyl (C=O) groups excluding carboxylic acids is 1. The van der Waals surface area contributed by atoms with Crippen molar-refractivity contribution in [2.24, 2.45) is 0 Å². The van der Waals surface area contributed by atoms with Crippen molar-refractivity contribution in [1.82, 2.24) is 0 Å². The van der Waals surface area contributed by atoms with Crippen LogP contribution in [0.15, 0.2) is 24.3 Å². The molecule has 4 heteroatoms. The summed E-state index contributed by atoms with van der Waals surface area (Å²) < 4.78 is 5.02. The van der Waals surface area contributed by atoms with Gasteiger partial charge >= 0.3 is 5.97 Å². The van der Waals surface area contributed by atoms with Crippen LogP contribution in [-0.4, -0.2) is 16.4 Å². The number of para-hydroxylation sites is 2. The first-order chi connectivity index (χ1) is 7.74. The summed E-state index contributed by atoms with van der Waals surface area (Å²) in [4.78, 5) is 11.4. The van der Waals surface area contributed by atoms with Crippen LogP contribution in [0.25, 0.3) is 0 Å². The number of rotatable bonds is 6. The summed E-state index contributed by atoms with van der Waals surface area (Å²) in [6.45, 7) is 0. The van der Waals surface area contributed by atoms with Crippen molar-refractivity contribution in [2.45, 2.75) is 25.7 Å². The van der Waals surface area contributed by atoms with E-state index in [1.807, 2.05) is 0 Å². The van der Waals surface area contributed by atoms with E-state index in [9.17, 15) is 9.90 Å². The molecule has 0 heterocycles. The Hall–Kier alpha value is -1.03. The van der Waals surface area contributed by atoms with E-state index >= 15 is 0 Å². The molecule has 1 aromatic carbocycles. The van der Waals surface area contributed by atoms with Gasteiger partial charge in [-0.05, 0) is 25.0 Å². The van der Waals surface area contributed by atoms with E-state index in [4.69, 9.17) is 4.74 Å². The zero-order valence-corrected chi connectivity index (χ0v) is 10.6. The van der Waals surface area contributed by atoms with Gasteiger partial charge in [0.25, 0.3) is 0 Å². The van der Waals surface area contributed by atoms with Crippen LogP contribution in [0.5, 0.6) is 11.5 Å². The molecule has 0 saturated carbocycles. The zero-order chi connectivity index (χ0) is 11.8. The summed E-state index contributed by atoms with van der Waals surface area (Å²) in [6, 6.07) is 6.47. The van der Waals surface area contributed by atoms with Crippen molar-refractivity contribution in [2.75, 3.05) is 5.33 Å². The van der Waals surface area contributed by atoms with Crippen molar-refractivity contribution >= 4 is 21.9 Å². The summed E-state index contributed by atoms with van der Waals surface area (Å²) in [7, 11) is 0. The minimum Gasteiger partial charge on any atom is -0.504 e. The molecule has 3 nitrogen and oxygen atoms in total. The molecule has 0 radical (unpaired) electrons. The van der Waals surface area contributed by atoms with Gasteiger partial charge in [0.05, 0.1) is 0 Å². The van der Waals surface area contributed by atoms with Gasteiger partial charge in [0.15, 0.2) is 11.5 Å². The molecule has 1 aromatic rings. The van der Waals surface area contributed by atoms with Crippen molar-refractivity contribution in [3.05, 3.63) is 24.3 Å². The number of hydrogen-bond donors (Lipinski definition) is 1. The number of esters is 1. The number of aromatic hydroxyl groups is 1. The molecule has 0 aromatic heterocycles. The highest BCUT2D eigenvalue weighted by molar-refractivity contribution is 9.09. The number of hydrogen-bond acceptors (Lipinski definition) is 3. The fourth-order valence-corrected chi connectivity index (χ4v) is 1.65. The van der Waals surface area contributed by atoms with Crippen LogP contribution in [0, 0.1) is 0 Å². The maximum absolute atomic E-state index is 11.4. The molecule has 1 rings (SSSR count). The van der Waals surface area contributed by atoms with Gasteiger partial charge in [-0.15, -0.1) is 0 Å². The third kappa shape index (κ3) is 4.66. The van der Waals surface area contributed by atoms with E-state index in [-0.39, 0.29) is 17.5 Å². The minimum atomic E-state index is -0.295. The molecule has 88 valence electrons. The average molecular weight is 287 g/mol. The van der Waals surface area contributed by atoms with Crippen LogP contribution in [0.2, 0.25) is 0 Å². The molecular weight excluding hydrogens is 272 g/mol. The number of ether oxygens (including phenoxy) is 1. The van der Waals surface area contributed by atoms with E-state index in [1.165, 1.54) is 6.07 Å². The lowest BCUT2D eigenvalue weighted by atomic mass is 10.2. The largest absolute Gasteiger partial charge is 0.504 e. The fourth-order valence-electron chi connectivity index (χ4n) is 1.26. The van der Waals surface area contributed by atoms with Crippen molar-refractivity contribution in [3.63, 3.8) is 0 Å². The SMILES string of the molecule is O=C(CCCCCBr)Oc1ccccc1O.